The largest absolute Gasteiger partial charge is 0.310 e. The number of nitrogens with one attached hydrogen (secondary N) is 1. The van der Waals surface area contributed by atoms with Crippen LogP contribution in [0.5, 0.6) is 0 Å². The van der Waals surface area contributed by atoms with E-state index in [4.69, 9.17) is 0 Å². The zero-order chi connectivity index (χ0) is 10.2. The average molecular weight is 200 g/mol. The average Bonchev–Trinajstić information content (AvgIpc) is 2.63. The number of aryl methyl sites for hydroxylation is 1. The van der Waals surface area contributed by atoms with Crippen molar-refractivity contribution in [3.05, 3.63) is 12.2 Å². The van der Waals surface area contributed by atoms with Crippen LogP contribution in [0, 0.1) is 0 Å². The lowest BCUT2D eigenvalue weighted by atomic mass is 10.4. The van der Waals surface area contributed by atoms with Crippen molar-refractivity contribution in [2.24, 2.45) is 0 Å². The number of rotatable bonds is 7. The highest BCUT2D eigenvalue weighted by molar-refractivity contribution is 4.83. The lowest BCUT2D eigenvalue weighted by Crippen LogP contribution is -2.18. The molecule has 1 heterocycles. The van der Waals surface area contributed by atoms with Crippen LogP contribution >= 0.6 is 0 Å². The van der Waals surface area contributed by atoms with Crippen molar-refractivity contribution in [1.29, 1.82) is 0 Å². The number of aromatic nitrogens is 3. The Balaban J connectivity index is 2.37. The molecule has 5 heteroatoms. The molecule has 0 aliphatic carbocycles. The van der Waals surface area contributed by atoms with Crippen molar-refractivity contribution in [2.45, 2.75) is 32.9 Å². The SMILES string of the molecule is CCCNCc1ncnn1CCCF. The Hall–Kier alpha value is -0.970. The van der Waals surface area contributed by atoms with E-state index in [1.807, 2.05) is 0 Å². The van der Waals surface area contributed by atoms with Crippen molar-refractivity contribution in [3.63, 3.8) is 0 Å². The smallest absolute Gasteiger partial charge is 0.140 e. The summed E-state index contributed by atoms with van der Waals surface area (Å²) >= 11 is 0. The fourth-order valence-corrected chi connectivity index (χ4v) is 1.20. The lowest BCUT2D eigenvalue weighted by Gasteiger charge is -2.05. The van der Waals surface area contributed by atoms with E-state index in [0.717, 1.165) is 18.8 Å². The monoisotopic (exact) mass is 200 g/mol. The molecule has 0 fully saturated rings. The van der Waals surface area contributed by atoms with Crippen molar-refractivity contribution >= 4 is 0 Å². The van der Waals surface area contributed by atoms with E-state index in [-0.39, 0.29) is 6.67 Å². The molecule has 0 saturated heterocycles. The van der Waals surface area contributed by atoms with Crippen molar-refractivity contribution in [2.75, 3.05) is 13.2 Å². The van der Waals surface area contributed by atoms with E-state index in [1.54, 1.807) is 4.68 Å². The molecule has 80 valence electrons. The molecule has 0 aromatic carbocycles. The summed E-state index contributed by atoms with van der Waals surface area (Å²) in [6, 6.07) is 0. The molecule has 0 aliphatic heterocycles. The summed E-state index contributed by atoms with van der Waals surface area (Å²) in [5, 5.41) is 7.27. The zero-order valence-corrected chi connectivity index (χ0v) is 8.54. The van der Waals surface area contributed by atoms with Gasteiger partial charge in [0, 0.05) is 6.54 Å². The maximum Gasteiger partial charge on any atom is 0.140 e. The third kappa shape index (κ3) is 3.41. The number of halogens is 1. The Morgan fingerprint density at radius 1 is 1.57 bits per heavy atom. The van der Waals surface area contributed by atoms with Gasteiger partial charge in [-0.3, -0.25) is 4.39 Å². The first-order valence-electron chi connectivity index (χ1n) is 5.01. The van der Waals surface area contributed by atoms with Crippen molar-refractivity contribution < 1.29 is 4.39 Å². The minimum atomic E-state index is -0.304. The first-order chi connectivity index (χ1) is 6.88. The van der Waals surface area contributed by atoms with E-state index in [2.05, 4.69) is 22.3 Å². The second-order valence-electron chi connectivity index (χ2n) is 3.12. The Labute approximate surface area is 83.5 Å². The summed E-state index contributed by atoms with van der Waals surface area (Å²) in [5.74, 6) is 0.881. The van der Waals surface area contributed by atoms with Crippen LogP contribution in [0.2, 0.25) is 0 Å². The number of hydrogen-bond acceptors (Lipinski definition) is 3. The van der Waals surface area contributed by atoms with E-state index in [1.165, 1.54) is 6.33 Å². The third-order valence-corrected chi connectivity index (χ3v) is 1.91. The molecule has 1 N–H and O–H groups in total. The maximum absolute atomic E-state index is 11.9. The van der Waals surface area contributed by atoms with Gasteiger partial charge in [-0.15, -0.1) is 0 Å². The minimum absolute atomic E-state index is 0.304. The molecular weight excluding hydrogens is 183 g/mol. The summed E-state index contributed by atoms with van der Waals surface area (Å²) in [4.78, 5) is 4.11. The van der Waals surface area contributed by atoms with Gasteiger partial charge in [-0.2, -0.15) is 5.10 Å². The Kier molecular flexibility index (Phi) is 5.14. The van der Waals surface area contributed by atoms with Crippen LogP contribution in [0.4, 0.5) is 4.39 Å². The molecule has 4 nitrogen and oxygen atoms in total. The molecule has 0 aliphatic rings. The van der Waals surface area contributed by atoms with Gasteiger partial charge in [0.2, 0.25) is 0 Å². The van der Waals surface area contributed by atoms with Crippen molar-refractivity contribution in [1.82, 2.24) is 20.1 Å². The fraction of sp³-hybridized carbons (Fsp3) is 0.778. The van der Waals surface area contributed by atoms with Crippen LogP contribution in [0.3, 0.4) is 0 Å². The summed E-state index contributed by atoms with van der Waals surface area (Å²) in [7, 11) is 0. The normalized spacial score (nSPS) is 10.7. The van der Waals surface area contributed by atoms with Gasteiger partial charge < -0.3 is 5.32 Å². The van der Waals surface area contributed by atoms with Crippen LogP contribution in [-0.4, -0.2) is 28.0 Å². The van der Waals surface area contributed by atoms with E-state index in [0.29, 0.717) is 19.5 Å². The predicted molar refractivity (Wildman–Crippen MR) is 52.6 cm³/mol. The predicted octanol–water partition coefficient (Wildman–Crippen LogP) is 1.14. The summed E-state index contributed by atoms with van der Waals surface area (Å²) < 4.78 is 13.7. The maximum atomic E-state index is 11.9. The van der Waals surface area contributed by atoms with E-state index < -0.39 is 0 Å². The summed E-state index contributed by atoms with van der Waals surface area (Å²) in [6.07, 6.45) is 3.12. The fourth-order valence-electron chi connectivity index (χ4n) is 1.20. The van der Waals surface area contributed by atoms with Gasteiger partial charge >= 0.3 is 0 Å². The standard InChI is InChI=1S/C9H17FN4/c1-2-5-11-7-9-12-8-13-14(9)6-3-4-10/h8,11H,2-7H2,1H3. The van der Waals surface area contributed by atoms with Crippen LogP contribution in [0.15, 0.2) is 6.33 Å². The highest BCUT2D eigenvalue weighted by atomic mass is 19.1. The molecule has 1 aromatic rings. The van der Waals surface area contributed by atoms with Crippen LogP contribution < -0.4 is 5.32 Å². The van der Waals surface area contributed by atoms with E-state index in [9.17, 15) is 4.39 Å². The molecule has 0 spiro atoms. The molecule has 14 heavy (non-hydrogen) atoms. The Morgan fingerprint density at radius 3 is 3.14 bits per heavy atom. The molecule has 0 atom stereocenters. The second-order valence-corrected chi connectivity index (χ2v) is 3.12. The summed E-state index contributed by atoms with van der Waals surface area (Å²) in [5.41, 5.74) is 0. The molecule has 1 rings (SSSR count). The molecule has 0 unspecified atom stereocenters. The quantitative estimate of drug-likeness (QED) is 0.671. The van der Waals surface area contributed by atoms with E-state index >= 15 is 0 Å². The van der Waals surface area contributed by atoms with Gasteiger partial charge in [-0.1, -0.05) is 6.92 Å². The van der Waals surface area contributed by atoms with Gasteiger partial charge in [0.1, 0.15) is 12.2 Å². The second kappa shape index (κ2) is 6.48. The van der Waals surface area contributed by atoms with Gasteiger partial charge in [-0.05, 0) is 19.4 Å². The highest BCUT2D eigenvalue weighted by Gasteiger charge is 2.02. The molecule has 0 amide bonds. The summed E-state index contributed by atoms with van der Waals surface area (Å²) in [6.45, 7) is 4.10. The van der Waals surface area contributed by atoms with Gasteiger partial charge in [0.05, 0.1) is 13.2 Å². The van der Waals surface area contributed by atoms with Crippen LogP contribution in [-0.2, 0) is 13.1 Å². The topological polar surface area (TPSA) is 42.7 Å². The minimum Gasteiger partial charge on any atom is -0.310 e. The number of alkyl halides is 1. The number of hydrogen-bond donors (Lipinski definition) is 1. The first kappa shape index (κ1) is 11.1. The highest BCUT2D eigenvalue weighted by Crippen LogP contribution is 1.96. The number of nitrogens with zero attached hydrogens (tertiary/aromatic N) is 3. The van der Waals surface area contributed by atoms with Crippen molar-refractivity contribution in [3.8, 4) is 0 Å². The van der Waals surface area contributed by atoms with Gasteiger partial charge in [-0.25, -0.2) is 9.67 Å². The molecular formula is C9H17FN4. The molecule has 0 saturated carbocycles. The molecule has 1 aromatic heterocycles. The van der Waals surface area contributed by atoms with Gasteiger partial charge in [0.25, 0.3) is 0 Å². The van der Waals surface area contributed by atoms with Gasteiger partial charge in [0.15, 0.2) is 0 Å². The lowest BCUT2D eigenvalue weighted by molar-refractivity contribution is 0.426. The third-order valence-electron chi connectivity index (χ3n) is 1.91. The zero-order valence-electron chi connectivity index (χ0n) is 8.54. The molecule has 0 bridgehead atoms. The van der Waals surface area contributed by atoms with Crippen LogP contribution in [0.1, 0.15) is 25.6 Å². The Morgan fingerprint density at radius 2 is 2.43 bits per heavy atom. The molecule has 0 radical (unpaired) electrons. The Bertz CT molecular complexity index is 249. The van der Waals surface area contributed by atoms with Crippen LogP contribution in [0.25, 0.3) is 0 Å². The first-order valence-corrected chi connectivity index (χ1v) is 5.01.